The van der Waals surface area contributed by atoms with Gasteiger partial charge in [0.05, 0.1) is 12.7 Å². The van der Waals surface area contributed by atoms with Gasteiger partial charge in [-0.15, -0.1) is 0 Å². The second kappa shape index (κ2) is 6.34. The van der Waals surface area contributed by atoms with Crippen LogP contribution in [0.1, 0.15) is 25.3 Å². The minimum absolute atomic E-state index is 0.145. The summed E-state index contributed by atoms with van der Waals surface area (Å²) in [6.07, 6.45) is 2.25. The van der Waals surface area contributed by atoms with E-state index in [0.717, 1.165) is 36.0 Å². The lowest BCUT2D eigenvalue weighted by Gasteiger charge is -2.32. The molecule has 0 aliphatic carbocycles. The van der Waals surface area contributed by atoms with Gasteiger partial charge in [0.1, 0.15) is 0 Å². The highest BCUT2D eigenvalue weighted by Crippen LogP contribution is 2.16. The first kappa shape index (κ1) is 13.6. The number of ether oxygens (including phenoxy) is 1. The van der Waals surface area contributed by atoms with Crippen LogP contribution in [0.3, 0.4) is 0 Å². The number of rotatable bonds is 3. The predicted octanol–water partition coefficient (Wildman–Crippen LogP) is 2.98. The Morgan fingerprint density at radius 2 is 2.17 bits per heavy atom. The van der Waals surface area contributed by atoms with Crippen molar-refractivity contribution in [3.8, 4) is 0 Å². The zero-order valence-corrected chi connectivity index (χ0v) is 12.1. The van der Waals surface area contributed by atoms with Crippen LogP contribution in [0.25, 0.3) is 0 Å². The molecule has 1 fully saturated rings. The van der Waals surface area contributed by atoms with Gasteiger partial charge in [0.15, 0.2) is 0 Å². The summed E-state index contributed by atoms with van der Waals surface area (Å²) in [5.41, 5.74) is 1.16. The molecule has 0 spiro atoms. The Kier molecular flexibility index (Phi) is 4.78. The number of hydrogen-bond donors (Lipinski definition) is 0. The third-order valence-corrected chi connectivity index (χ3v) is 3.75. The first-order valence-electron chi connectivity index (χ1n) is 6.26. The molecule has 1 aromatic rings. The molecule has 0 bridgehead atoms. The van der Waals surface area contributed by atoms with Crippen molar-refractivity contribution in [1.82, 2.24) is 4.90 Å². The highest BCUT2D eigenvalue weighted by molar-refractivity contribution is 9.10. The lowest BCUT2D eigenvalue weighted by atomic mass is 10.1. The number of amides is 1. The highest BCUT2D eigenvalue weighted by Gasteiger charge is 2.21. The molecule has 0 radical (unpaired) electrons. The standard InChI is InChI=1S/C14H18BrNO2/c1-11(17)16-8-2-3-14(9-16)18-10-12-4-6-13(15)7-5-12/h4-7,14H,2-3,8-10H2,1H3. The quantitative estimate of drug-likeness (QED) is 0.859. The van der Waals surface area contributed by atoms with E-state index in [1.165, 1.54) is 0 Å². The molecule has 1 amide bonds. The van der Waals surface area contributed by atoms with E-state index in [2.05, 4.69) is 28.1 Å². The summed E-state index contributed by atoms with van der Waals surface area (Å²) in [4.78, 5) is 13.2. The van der Waals surface area contributed by atoms with Gasteiger partial charge in [0.2, 0.25) is 5.91 Å². The number of benzene rings is 1. The third kappa shape index (κ3) is 3.82. The number of carbonyl (C=O) groups excluding carboxylic acids is 1. The van der Waals surface area contributed by atoms with Crippen molar-refractivity contribution in [2.75, 3.05) is 13.1 Å². The number of likely N-dealkylation sites (tertiary alicyclic amines) is 1. The molecule has 3 nitrogen and oxygen atoms in total. The molecule has 18 heavy (non-hydrogen) atoms. The maximum Gasteiger partial charge on any atom is 0.219 e. The van der Waals surface area contributed by atoms with E-state index < -0.39 is 0 Å². The molecule has 1 saturated heterocycles. The predicted molar refractivity (Wildman–Crippen MR) is 74.2 cm³/mol. The Morgan fingerprint density at radius 3 is 2.83 bits per heavy atom. The van der Waals surface area contributed by atoms with Gasteiger partial charge < -0.3 is 9.64 Å². The van der Waals surface area contributed by atoms with E-state index in [0.29, 0.717) is 6.61 Å². The zero-order chi connectivity index (χ0) is 13.0. The van der Waals surface area contributed by atoms with Crippen molar-refractivity contribution in [2.24, 2.45) is 0 Å². The van der Waals surface area contributed by atoms with E-state index in [9.17, 15) is 4.79 Å². The van der Waals surface area contributed by atoms with Crippen molar-refractivity contribution < 1.29 is 9.53 Å². The number of nitrogens with zero attached hydrogens (tertiary/aromatic N) is 1. The van der Waals surface area contributed by atoms with Crippen LogP contribution < -0.4 is 0 Å². The summed E-state index contributed by atoms with van der Waals surface area (Å²) in [5.74, 6) is 0.145. The first-order chi connectivity index (χ1) is 8.65. The molecule has 1 atom stereocenters. The van der Waals surface area contributed by atoms with Crippen LogP contribution in [-0.4, -0.2) is 30.0 Å². The highest BCUT2D eigenvalue weighted by atomic mass is 79.9. The fourth-order valence-electron chi connectivity index (χ4n) is 2.15. The third-order valence-electron chi connectivity index (χ3n) is 3.22. The zero-order valence-electron chi connectivity index (χ0n) is 10.6. The van der Waals surface area contributed by atoms with Gasteiger partial charge in [-0.25, -0.2) is 0 Å². The SMILES string of the molecule is CC(=O)N1CCCC(OCc2ccc(Br)cc2)C1. The molecule has 0 aromatic heterocycles. The lowest BCUT2D eigenvalue weighted by molar-refractivity contribution is -0.133. The molecule has 1 aliphatic heterocycles. The Labute approximate surface area is 116 Å². The van der Waals surface area contributed by atoms with Crippen LogP contribution in [0.2, 0.25) is 0 Å². The Bertz CT molecular complexity index is 405. The van der Waals surface area contributed by atoms with Crippen LogP contribution in [0.5, 0.6) is 0 Å². The largest absolute Gasteiger partial charge is 0.372 e. The maximum absolute atomic E-state index is 11.3. The topological polar surface area (TPSA) is 29.5 Å². The molecule has 2 rings (SSSR count). The van der Waals surface area contributed by atoms with Gasteiger partial charge >= 0.3 is 0 Å². The second-order valence-electron chi connectivity index (χ2n) is 4.67. The van der Waals surface area contributed by atoms with E-state index in [4.69, 9.17) is 4.74 Å². The second-order valence-corrected chi connectivity index (χ2v) is 5.58. The molecule has 0 N–H and O–H groups in total. The van der Waals surface area contributed by atoms with Crippen LogP contribution in [0.15, 0.2) is 28.7 Å². The van der Waals surface area contributed by atoms with Crippen LogP contribution in [0.4, 0.5) is 0 Å². The fraction of sp³-hybridized carbons (Fsp3) is 0.500. The van der Waals surface area contributed by atoms with Gasteiger partial charge in [0.25, 0.3) is 0 Å². The Balaban J connectivity index is 1.82. The molecule has 0 saturated carbocycles. The van der Waals surface area contributed by atoms with Gasteiger partial charge in [-0.3, -0.25) is 4.79 Å². The van der Waals surface area contributed by atoms with Gasteiger partial charge in [0, 0.05) is 24.5 Å². The van der Waals surface area contributed by atoms with E-state index >= 15 is 0 Å². The van der Waals surface area contributed by atoms with Crippen LogP contribution in [-0.2, 0) is 16.1 Å². The number of piperidine rings is 1. The first-order valence-corrected chi connectivity index (χ1v) is 7.06. The summed E-state index contributed by atoms with van der Waals surface area (Å²) in [6.45, 7) is 3.83. The molecule has 1 heterocycles. The maximum atomic E-state index is 11.3. The summed E-state index contributed by atoms with van der Waals surface area (Å²) >= 11 is 3.41. The van der Waals surface area contributed by atoms with Crippen LogP contribution in [0, 0.1) is 0 Å². The molecule has 98 valence electrons. The van der Waals surface area contributed by atoms with Crippen LogP contribution >= 0.6 is 15.9 Å². The number of hydrogen-bond acceptors (Lipinski definition) is 2. The van der Waals surface area contributed by atoms with Crippen molar-refractivity contribution in [3.05, 3.63) is 34.3 Å². The molecule has 1 unspecified atom stereocenters. The fourth-order valence-corrected chi connectivity index (χ4v) is 2.42. The lowest BCUT2D eigenvalue weighted by Crippen LogP contribution is -2.42. The summed E-state index contributed by atoms with van der Waals surface area (Å²) in [7, 11) is 0. The Hall–Kier alpha value is -0.870. The minimum atomic E-state index is 0.145. The van der Waals surface area contributed by atoms with Crippen molar-refractivity contribution in [2.45, 2.75) is 32.5 Å². The monoisotopic (exact) mass is 311 g/mol. The van der Waals surface area contributed by atoms with E-state index in [-0.39, 0.29) is 12.0 Å². The summed E-state index contributed by atoms with van der Waals surface area (Å²) in [6, 6.07) is 8.13. The molecular weight excluding hydrogens is 294 g/mol. The molecule has 1 aliphatic rings. The minimum Gasteiger partial charge on any atom is -0.372 e. The average molecular weight is 312 g/mol. The smallest absolute Gasteiger partial charge is 0.219 e. The number of carbonyl (C=O) groups is 1. The average Bonchev–Trinajstić information content (AvgIpc) is 2.38. The van der Waals surface area contributed by atoms with Gasteiger partial charge in [-0.1, -0.05) is 28.1 Å². The molecule has 1 aromatic carbocycles. The van der Waals surface area contributed by atoms with Gasteiger partial charge in [-0.05, 0) is 30.5 Å². The molecular formula is C14H18BrNO2. The Morgan fingerprint density at radius 1 is 1.44 bits per heavy atom. The van der Waals surface area contributed by atoms with E-state index in [1.54, 1.807) is 6.92 Å². The van der Waals surface area contributed by atoms with Crippen molar-refractivity contribution in [1.29, 1.82) is 0 Å². The van der Waals surface area contributed by atoms with Crippen molar-refractivity contribution >= 4 is 21.8 Å². The normalized spacial score (nSPS) is 19.9. The van der Waals surface area contributed by atoms with E-state index in [1.807, 2.05) is 17.0 Å². The summed E-state index contributed by atoms with van der Waals surface area (Å²) in [5, 5.41) is 0. The molecule has 4 heteroatoms. The van der Waals surface area contributed by atoms with Crippen molar-refractivity contribution in [3.63, 3.8) is 0 Å². The number of halogens is 1. The van der Waals surface area contributed by atoms with Gasteiger partial charge in [-0.2, -0.15) is 0 Å². The summed E-state index contributed by atoms with van der Waals surface area (Å²) < 4.78 is 6.96.